The first-order valence-corrected chi connectivity index (χ1v) is 5.56. The molecule has 2 aromatic rings. The maximum atomic E-state index is 11.2. The van der Waals surface area contributed by atoms with Gasteiger partial charge >= 0.3 is 0 Å². The Bertz CT molecular complexity index is 616. The molecule has 1 N–H and O–H groups in total. The Morgan fingerprint density at radius 2 is 1.94 bits per heavy atom. The smallest absolute Gasteiger partial charge is 0.228 e. The summed E-state index contributed by atoms with van der Waals surface area (Å²) in [6, 6.07) is 0. The van der Waals surface area contributed by atoms with Crippen molar-refractivity contribution >= 4 is 28.8 Å². The Morgan fingerprint density at radius 3 is 2.50 bits per heavy atom. The van der Waals surface area contributed by atoms with Gasteiger partial charge in [-0.3, -0.25) is 4.79 Å². The van der Waals surface area contributed by atoms with Crippen molar-refractivity contribution in [2.24, 2.45) is 7.05 Å². The van der Waals surface area contributed by atoms with Crippen LogP contribution in [-0.2, 0) is 11.8 Å². The Morgan fingerprint density at radius 1 is 1.28 bits per heavy atom. The van der Waals surface area contributed by atoms with Gasteiger partial charge in [-0.25, -0.2) is 4.98 Å². The quantitative estimate of drug-likeness (QED) is 0.846. The number of carbonyl (C=O) groups excluding carboxylic acids is 1. The Labute approximate surface area is 105 Å². The van der Waals surface area contributed by atoms with Gasteiger partial charge in [0.1, 0.15) is 5.82 Å². The number of carbonyl (C=O) groups is 1. The van der Waals surface area contributed by atoms with Gasteiger partial charge in [0.2, 0.25) is 11.9 Å². The van der Waals surface area contributed by atoms with Gasteiger partial charge in [0.25, 0.3) is 0 Å². The second kappa shape index (κ2) is 4.25. The van der Waals surface area contributed by atoms with Gasteiger partial charge < -0.3 is 14.8 Å². The number of imidazole rings is 1. The normalized spacial score (nSPS) is 10.7. The molecule has 0 atom stereocenters. The van der Waals surface area contributed by atoms with Crippen LogP contribution < -0.4 is 10.2 Å². The molecule has 7 heteroatoms. The Hall–Kier alpha value is -2.18. The summed E-state index contributed by atoms with van der Waals surface area (Å²) in [5.41, 5.74) is 1.31. The first kappa shape index (κ1) is 12.3. The fourth-order valence-electron chi connectivity index (χ4n) is 1.61. The molecule has 0 aliphatic rings. The predicted molar refractivity (Wildman–Crippen MR) is 69.7 cm³/mol. The van der Waals surface area contributed by atoms with Crippen molar-refractivity contribution in [2.75, 3.05) is 24.3 Å². The summed E-state index contributed by atoms with van der Waals surface area (Å²) in [4.78, 5) is 26.1. The van der Waals surface area contributed by atoms with E-state index in [-0.39, 0.29) is 5.91 Å². The molecule has 1 amide bonds. The summed E-state index contributed by atoms with van der Waals surface area (Å²) in [5, 5.41) is 2.69. The number of amides is 1. The van der Waals surface area contributed by atoms with Gasteiger partial charge in [-0.1, -0.05) is 0 Å². The Kier molecular flexibility index (Phi) is 2.90. The molecule has 0 spiro atoms. The molecule has 0 aliphatic heterocycles. The molecule has 0 radical (unpaired) electrons. The second-order valence-electron chi connectivity index (χ2n) is 4.34. The van der Waals surface area contributed by atoms with Crippen LogP contribution in [0.1, 0.15) is 12.7 Å². The molecule has 0 unspecified atom stereocenters. The fourth-order valence-corrected chi connectivity index (χ4v) is 1.61. The van der Waals surface area contributed by atoms with E-state index in [0.717, 1.165) is 5.82 Å². The van der Waals surface area contributed by atoms with Crippen molar-refractivity contribution in [1.29, 1.82) is 0 Å². The van der Waals surface area contributed by atoms with Gasteiger partial charge in [-0.05, 0) is 6.92 Å². The van der Waals surface area contributed by atoms with E-state index in [2.05, 4.69) is 20.3 Å². The summed E-state index contributed by atoms with van der Waals surface area (Å²) >= 11 is 0. The highest BCUT2D eigenvalue weighted by molar-refractivity contribution is 5.96. The van der Waals surface area contributed by atoms with E-state index in [9.17, 15) is 4.79 Å². The van der Waals surface area contributed by atoms with Crippen LogP contribution in [0.25, 0.3) is 11.2 Å². The van der Waals surface area contributed by atoms with Crippen molar-refractivity contribution in [3.8, 4) is 0 Å². The summed E-state index contributed by atoms with van der Waals surface area (Å²) in [5.74, 6) is 1.62. The molecule has 2 heterocycles. The molecule has 7 nitrogen and oxygen atoms in total. The van der Waals surface area contributed by atoms with Crippen molar-refractivity contribution in [2.45, 2.75) is 13.8 Å². The molecule has 2 aromatic heterocycles. The molecule has 96 valence electrons. The molecule has 18 heavy (non-hydrogen) atoms. The van der Waals surface area contributed by atoms with Crippen LogP contribution in [0.3, 0.4) is 0 Å². The van der Waals surface area contributed by atoms with Crippen molar-refractivity contribution in [3.05, 3.63) is 5.82 Å². The summed E-state index contributed by atoms with van der Waals surface area (Å²) in [6.45, 7) is 3.33. The van der Waals surface area contributed by atoms with Crippen LogP contribution in [0.4, 0.5) is 11.8 Å². The van der Waals surface area contributed by atoms with Crippen LogP contribution >= 0.6 is 0 Å². The first-order chi connectivity index (χ1) is 8.40. The van der Waals surface area contributed by atoms with Crippen LogP contribution in [-0.4, -0.2) is 39.5 Å². The number of rotatable bonds is 2. The molecule has 0 aromatic carbocycles. The third kappa shape index (κ3) is 1.99. The monoisotopic (exact) mass is 248 g/mol. The zero-order chi connectivity index (χ0) is 13.4. The van der Waals surface area contributed by atoms with Crippen molar-refractivity contribution in [3.63, 3.8) is 0 Å². The zero-order valence-corrected chi connectivity index (χ0v) is 11.1. The van der Waals surface area contributed by atoms with Gasteiger partial charge in [-0.2, -0.15) is 9.97 Å². The molecule has 0 saturated carbocycles. The minimum atomic E-state index is -0.178. The number of hydrogen-bond acceptors (Lipinski definition) is 5. The van der Waals surface area contributed by atoms with E-state index in [4.69, 9.17) is 0 Å². The third-order valence-corrected chi connectivity index (χ3v) is 2.62. The lowest BCUT2D eigenvalue weighted by atomic mass is 10.4. The first-order valence-electron chi connectivity index (χ1n) is 5.56. The van der Waals surface area contributed by atoms with E-state index in [1.165, 1.54) is 6.92 Å². The topological polar surface area (TPSA) is 75.9 Å². The number of hydrogen-bond donors (Lipinski definition) is 1. The molecule has 0 fully saturated rings. The summed E-state index contributed by atoms with van der Waals surface area (Å²) in [7, 11) is 5.58. The van der Waals surface area contributed by atoms with Gasteiger partial charge in [0.05, 0.1) is 0 Å². The summed E-state index contributed by atoms with van der Waals surface area (Å²) in [6.07, 6.45) is 0. The van der Waals surface area contributed by atoms with E-state index in [1.54, 1.807) is 4.90 Å². The largest absolute Gasteiger partial charge is 0.347 e. The fraction of sp³-hybridized carbons (Fsp3) is 0.455. The Balaban J connectivity index is 2.72. The van der Waals surface area contributed by atoms with E-state index in [1.807, 2.05) is 32.6 Å². The minimum absolute atomic E-state index is 0.178. The standard InChI is InChI=1S/C11H16N6O/c1-6-12-8-9(13-7(2)18)14-11(16(3)4)15-10(8)17(6)5/h1-5H3,(H,13,14,15,18). The van der Waals surface area contributed by atoms with E-state index >= 15 is 0 Å². The van der Waals surface area contributed by atoms with Crippen LogP contribution in [0.5, 0.6) is 0 Å². The third-order valence-electron chi connectivity index (χ3n) is 2.62. The number of nitrogens with zero attached hydrogens (tertiary/aromatic N) is 5. The van der Waals surface area contributed by atoms with Gasteiger partial charge in [0.15, 0.2) is 17.0 Å². The van der Waals surface area contributed by atoms with Crippen LogP contribution in [0.2, 0.25) is 0 Å². The molecule has 2 rings (SSSR count). The average Bonchev–Trinajstić information content (AvgIpc) is 2.55. The van der Waals surface area contributed by atoms with Crippen molar-refractivity contribution in [1.82, 2.24) is 19.5 Å². The molecular formula is C11H16N6O. The van der Waals surface area contributed by atoms with Crippen molar-refractivity contribution < 1.29 is 4.79 Å². The number of fused-ring (bicyclic) bond motifs is 1. The lowest BCUT2D eigenvalue weighted by molar-refractivity contribution is -0.114. The molecule has 0 bridgehead atoms. The van der Waals surface area contributed by atoms with E-state index in [0.29, 0.717) is 22.9 Å². The lowest BCUT2D eigenvalue weighted by Crippen LogP contribution is -2.16. The van der Waals surface area contributed by atoms with Gasteiger partial charge in [-0.15, -0.1) is 0 Å². The molecule has 0 saturated heterocycles. The highest BCUT2D eigenvalue weighted by atomic mass is 16.1. The van der Waals surface area contributed by atoms with Crippen LogP contribution in [0, 0.1) is 6.92 Å². The molecule has 0 aliphatic carbocycles. The highest BCUT2D eigenvalue weighted by Gasteiger charge is 2.15. The average molecular weight is 248 g/mol. The SMILES string of the molecule is CC(=O)Nc1nc(N(C)C)nc2c1nc(C)n2C. The minimum Gasteiger partial charge on any atom is -0.347 e. The number of nitrogens with one attached hydrogen (secondary N) is 1. The predicted octanol–water partition coefficient (Wildman–Crippen LogP) is 0.696. The zero-order valence-electron chi connectivity index (χ0n) is 11.1. The van der Waals surface area contributed by atoms with Crippen LogP contribution in [0.15, 0.2) is 0 Å². The lowest BCUT2D eigenvalue weighted by Gasteiger charge is -2.12. The summed E-state index contributed by atoms with van der Waals surface area (Å²) < 4.78 is 1.87. The maximum absolute atomic E-state index is 11.2. The number of anilines is 2. The molecular weight excluding hydrogens is 232 g/mol. The maximum Gasteiger partial charge on any atom is 0.228 e. The second-order valence-corrected chi connectivity index (χ2v) is 4.34. The van der Waals surface area contributed by atoms with E-state index < -0.39 is 0 Å². The van der Waals surface area contributed by atoms with Gasteiger partial charge in [0, 0.05) is 28.1 Å². The highest BCUT2D eigenvalue weighted by Crippen LogP contribution is 2.22. The number of aryl methyl sites for hydroxylation is 2. The number of aromatic nitrogens is 4.